The number of imidazole rings is 1. The normalized spacial score (nSPS) is 16.4. The molecular weight excluding hydrogens is 428 g/mol. The number of aromatic amines is 1. The van der Waals surface area contributed by atoms with E-state index in [1.165, 1.54) is 22.3 Å². The Balaban J connectivity index is 1.75. The maximum atomic E-state index is 5.33. The number of hydrogen-bond acceptors (Lipinski definition) is 3. The summed E-state index contributed by atoms with van der Waals surface area (Å²) in [6, 6.07) is 28.5. The first kappa shape index (κ1) is 23.5. The molecule has 0 amide bonds. The van der Waals surface area contributed by atoms with Gasteiger partial charge in [0.25, 0.3) is 0 Å². The molecule has 2 N–H and O–H groups in total. The Bertz CT molecular complexity index is 1240. The predicted octanol–water partition coefficient (Wildman–Crippen LogP) is 5.95. The van der Waals surface area contributed by atoms with E-state index in [0.29, 0.717) is 0 Å². The Morgan fingerprint density at radius 1 is 0.800 bits per heavy atom. The van der Waals surface area contributed by atoms with Crippen LogP contribution in [0.25, 0.3) is 11.4 Å². The number of hydrogen-bond donors (Lipinski definition) is 2. The Kier molecular flexibility index (Phi) is 6.59. The van der Waals surface area contributed by atoms with Crippen LogP contribution in [0.4, 0.5) is 0 Å². The number of piperazine rings is 1. The van der Waals surface area contributed by atoms with Gasteiger partial charge in [-0.2, -0.15) is 0 Å². The molecule has 2 heterocycles. The molecule has 0 aliphatic carbocycles. The van der Waals surface area contributed by atoms with Crippen LogP contribution in [0.5, 0.6) is 0 Å². The monoisotopic (exact) mass is 464 g/mol. The van der Waals surface area contributed by atoms with Crippen LogP contribution in [-0.4, -0.2) is 41.0 Å². The molecule has 5 rings (SSSR count). The zero-order valence-electron chi connectivity index (χ0n) is 21.3. The summed E-state index contributed by atoms with van der Waals surface area (Å²) in [6.07, 6.45) is 0. The molecular formula is C31H36N4. The molecule has 1 fully saturated rings. The molecule has 180 valence electrons. The number of H-pyrrole nitrogens is 1. The summed E-state index contributed by atoms with van der Waals surface area (Å²) < 4.78 is 0. The molecule has 1 saturated heterocycles. The van der Waals surface area contributed by atoms with Crippen molar-refractivity contribution in [3.05, 3.63) is 113 Å². The van der Waals surface area contributed by atoms with Gasteiger partial charge < -0.3 is 10.3 Å². The molecule has 1 aromatic heterocycles. The summed E-state index contributed by atoms with van der Waals surface area (Å²) in [5, 5.41) is 3.55. The summed E-state index contributed by atoms with van der Waals surface area (Å²) in [7, 11) is 0. The van der Waals surface area contributed by atoms with Gasteiger partial charge >= 0.3 is 0 Å². The van der Waals surface area contributed by atoms with Crippen molar-refractivity contribution in [2.24, 2.45) is 0 Å². The van der Waals surface area contributed by atoms with Crippen LogP contribution >= 0.6 is 0 Å². The van der Waals surface area contributed by atoms with Crippen LogP contribution in [0.2, 0.25) is 0 Å². The number of nitrogens with one attached hydrogen (secondary N) is 2. The summed E-state index contributed by atoms with van der Waals surface area (Å²) >= 11 is 0. The number of aryl methyl sites for hydroxylation is 3. The Morgan fingerprint density at radius 3 is 1.97 bits per heavy atom. The Morgan fingerprint density at radius 2 is 1.40 bits per heavy atom. The van der Waals surface area contributed by atoms with E-state index in [9.17, 15) is 0 Å². The highest BCUT2D eigenvalue weighted by Crippen LogP contribution is 2.47. The van der Waals surface area contributed by atoms with E-state index in [-0.39, 0.29) is 11.5 Å². The van der Waals surface area contributed by atoms with Crippen LogP contribution in [0, 0.1) is 20.8 Å². The topological polar surface area (TPSA) is 44.0 Å². The van der Waals surface area contributed by atoms with Crippen LogP contribution in [0.1, 0.15) is 46.5 Å². The zero-order chi connectivity index (χ0) is 24.4. The van der Waals surface area contributed by atoms with Gasteiger partial charge in [0, 0.05) is 43.4 Å². The minimum Gasteiger partial charge on any atom is -0.342 e. The van der Waals surface area contributed by atoms with Crippen molar-refractivity contribution < 1.29 is 0 Å². The van der Waals surface area contributed by atoms with Crippen molar-refractivity contribution in [1.29, 1.82) is 0 Å². The van der Waals surface area contributed by atoms with E-state index in [2.05, 4.69) is 122 Å². The van der Waals surface area contributed by atoms with Crippen LogP contribution in [0.15, 0.2) is 78.9 Å². The third-order valence-corrected chi connectivity index (χ3v) is 7.50. The molecule has 4 nitrogen and oxygen atoms in total. The van der Waals surface area contributed by atoms with Gasteiger partial charge in [-0.25, -0.2) is 4.98 Å². The summed E-state index contributed by atoms with van der Waals surface area (Å²) in [5.74, 6) is 1.07. The molecule has 1 atom stereocenters. The van der Waals surface area contributed by atoms with Crippen LogP contribution < -0.4 is 5.32 Å². The molecule has 0 radical (unpaired) electrons. The average Bonchev–Trinajstić information content (AvgIpc) is 3.27. The summed E-state index contributed by atoms with van der Waals surface area (Å²) in [6.45, 7) is 12.9. The van der Waals surface area contributed by atoms with Gasteiger partial charge in [-0.15, -0.1) is 0 Å². The fourth-order valence-electron chi connectivity index (χ4n) is 5.83. The molecule has 0 saturated carbocycles. The fraction of sp³-hybridized carbons (Fsp3) is 0.323. The smallest absolute Gasteiger partial charge is 0.137 e. The lowest BCUT2D eigenvalue weighted by molar-refractivity contribution is 0.0673. The van der Waals surface area contributed by atoms with Gasteiger partial charge in [-0.3, -0.25) is 4.90 Å². The number of nitrogens with zero attached hydrogens (tertiary/aromatic N) is 2. The first-order valence-corrected chi connectivity index (χ1v) is 12.7. The quantitative estimate of drug-likeness (QED) is 0.370. The SMILES string of the molecule is Cc1cccc(C(c2cccc(C)c2)C(C)(c2nc(-c3ccccc3)[nH]c2C)N2CCNCC2)c1. The molecule has 4 heteroatoms. The fourth-order valence-corrected chi connectivity index (χ4v) is 5.83. The van der Waals surface area contributed by atoms with Gasteiger partial charge in [-0.1, -0.05) is 90.0 Å². The van der Waals surface area contributed by atoms with E-state index in [4.69, 9.17) is 4.98 Å². The number of rotatable bonds is 6. The molecule has 3 aromatic carbocycles. The Labute approximate surface area is 209 Å². The lowest BCUT2D eigenvalue weighted by atomic mass is 9.71. The van der Waals surface area contributed by atoms with Crippen LogP contribution in [0.3, 0.4) is 0 Å². The third-order valence-electron chi connectivity index (χ3n) is 7.50. The van der Waals surface area contributed by atoms with Crippen molar-refractivity contribution >= 4 is 0 Å². The van der Waals surface area contributed by atoms with Crippen molar-refractivity contribution in [2.75, 3.05) is 26.2 Å². The number of benzene rings is 3. The molecule has 1 aliphatic rings. The van der Waals surface area contributed by atoms with Gasteiger partial charge in [0.05, 0.1) is 11.2 Å². The largest absolute Gasteiger partial charge is 0.342 e. The van der Waals surface area contributed by atoms with Crippen LogP contribution in [-0.2, 0) is 5.54 Å². The molecule has 4 aromatic rings. The van der Waals surface area contributed by atoms with Crippen molar-refractivity contribution in [1.82, 2.24) is 20.2 Å². The molecule has 0 spiro atoms. The second-order valence-corrected chi connectivity index (χ2v) is 10.1. The lowest BCUT2D eigenvalue weighted by Crippen LogP contribution is -2.56. The molecule has 35 heavy (non-hydrogen) atoms. The van der Waals surface area contributed by atoms with Crippen molar-refractivity contribution in [3.8, 4) is 11.4 Å². The standard InChI is InChI=1S/C31H36N4/c1-22-10-8-14-26(20-22)28(27-15-9-11-23(2)21-27)31(4,35-18-16-32-17-19-35)29-24(3)33-30(34-29)25-12-6-5-7-13-25/h5-15,20-21,28,32H,16-19H2,1-4H3,(H,33,34). The molecule has 0 bridgehead atoms. The predicted molar refractivity (Wildman–Crippen MR) is 145 cm³/mol. The van der Waals surface area contributed by atoms with Gasteiger partial charge in [0.1, 0.15) is 5.82 Å². The number of aromatic nitrogens is 2. The second kappa shape index (κ2) is 9.80. The second-order valence-electron chi connectivity index (χ2n) is 10.1. The highest BCUT2D eigenvalue weighted by atomic mass is 15.3. The van der Waals surface area contributed by atoms with E-state index in [1.54, 1.807) is 0 Å². The molecule has 1 aliphatic heterocycles. The van der Waals surface area contributed by atoms with Gasteiger partial charge in [0.2, 0.25) is 0 Å². The zero-order valence-corrected chi connectivity index (χ0v) is 21.3. The minimum atomic E-state index is -0.336. The van der Waals surface area contributed by atoms with E-state index in [0.717, 1.165) is 49.0 Å². The first-order chi connectivity index (χ1) is 17.0. The van der Waals surface area contributed by atoms with Crippen molar-refractivity contribution in [3.63, 3.8) is 0 Å². The summed E-state index contributed by atoms with van der Waals surface area (Å²) in [4.78, 5) is 11.6. The highest BCUT2D eigenvalue weighted by molar-refractivity contribution is 5.57. The maximum absolute atomic E-state index is 5.33. The van der Waals surface area contributed by atoms with E-state index >= 15 is 0 Å². The summed E-state index contributed by atoms with van der Waals surface area (Å²) in [5.41, 5.74) is 8.28. The lowest BCUT2D eigenvalue weighted by Gasteiger charge is -2.48. The average molecular weight is 465 g/mol. The van der Waals surface area contributed by atoms with E-state index < -0.39 is 0 Å². The highest BCUT2D eigenvalue weighted by Gasteiger charge is 2.46. The van der Waals surface area contributed by atoms with E-state index in [1.807, 2.05) is 0 Å². The van der Waals surface area contributed by atoms with Gasteiger partial charge in [-0.05, 0) is 38.8 Å². The Hall–Kier alpha value is -3.21. The molecule has 1 unspecified atom stereocenters. The minimum absolute atomic E-state index is 0.131. The van der Waals surface area contributed by atoms with Gasteiger partial charge in [0.15, 0.2) is 0 Å². The van der Waals surface area contributed by atoms with Crippen molar-refractivity contribution in [2.45, 2.75) is 39.2 Å². The third kappa shape index (κ3) is 4.56. The first-order valence-electron chi connectivity index (χ1n) is 12.7. The maximum Gasteiger partial charge on any atom is 0.137 e.